The third-order valence-electron chi connectivity index (χ3n) is 3.49. The van der Waals surface area contributed by atoms with Crippen molar-refractivity contribution in [2.45, 2.75) is 24.8 Å². The van der Waals surface area contributed by atoms with Crippen LogP contribution in [0.15, 0.2) is 40.4 Å². The predicted octanol–water partition coefficient (Wildman–Crippen LogP) is 1.27. The van der Waals surface area contributed by atoms with Crippen molar-refractivity contribution in [2.75, 3.05) is 20.6 Å². The number of nitrogens with one attached hydrogen (secondary N) is 3. The molecule has 0 spiro atoms. The van der Waals surface area contributed by atoms with E-state index in [4.69, 9.17) is 0 Å². The first-order chi connectivity index (χ1) is 11.9. The quantitative estimate of drug-likeness (QED) is 0.496. The van der Waals surface area contributed by atoms with Gasteiger partial charge in [0.15, 0.2) is 5.96 Å². The number of nitrogens with zero attached hydrogens (tertiary/aromatic N) is 2. The summed E-state index contributed by atoms with van der Waals surface area (Å²) in [6, 6.07) is 6.74. The number of hydrogen-bond donors (Lipinski definition) is 3. The number of sulfonamides is 1. The lowest BCUT2D eigenvalue weighted by atomic mass is 10.2. The monoisotopic (exact) mass is 381 g/mol. The van der Waals surface area contributed by atoms with Gasteiger partial charge in [0, 0.05) is 37.6 Å². The van der Waals surface area contributed by atoms with Crippen LogP contribution in [0.5, 0.6) is 0 Å². The standard InChI is InChI=1S/C16H23N5O2S2/c1-12-10-20-15(24-12)8-9-19-16(17-2)21-11-13-4-6-14(7-5-13)25(22,23)18-3/h4-7,10,18H,8-9,11H2,1-3H3,(H2,17,19,21). The van der Waals surface area contributed by atoms with Crippen LogP contribution in [0, 0.1) is 6.92 Å². The predicted molar refractivity (Wildman–Crippen MR) is 101 cm³/mol. The SMILES string of the molecule is CN=C(NCCc1ncc(C)s1)NCc1ccc(S(=O)(=O)NC)cc1. The molecular formula is C16H23N5O2S2. The van der Waals surface area contributed by atoms with Crippen LogP contribution in [0.4, 0.5) is 0 Å². The van der Waals surface area contributed by atoms with Gasteiger partial charge in [-0.15, -0.1) is 11.3 Å². The molecule has 0 aliphatic rings. The average Bonchev–Trinajstić information content (AvgIpc) is 3.03. The minimum atomic E-state index is -3.40. The molecule has 0 saturated heterocycles. The summed E-state index contributed by atoms with van der Waals surface area (Å²) >= 11 is 1.70. The number of aryl methyl sites for hydroxylation is 1. The minimum absolute atomic E-state index is 0.250. The number of thiazole rings is 1. The van der Waals surface area contributed by atoms with Crippen LogP contribution in [-0.4, -0.2) is 40.0 Å². The summed E-state index contributed by atoms with van der Waals surface area (Å²) in [5.41, 5.74) is 0.966. The minimum Gasteiger partial charge on any atom is -0.356 e. The lowest BCUT2D eigenvalue weighted by Gasteiger charge is -2.11. The van der Waals surface area contributed by atoms with Gasteiger partial charge in [-0.1, -0.05) is 12.1 Å². The van der Waals surface area contributed by atoms with Gasteiger partial charge in [-0.05, 0) is 31.7 Å². The lowest BCUT2D eigenvalue weighted by Crippen LogP contribution is -2.37. The molecule has 0 bridgehead atoms. The van der Waals surface area contributed by atoms with Crippen LogP contribution in [0.2, 0.25) is 0 Å². The Balaban J connectivity index is 1.82. The molecule has 0 aliphatic heterocycles. The molecule has 0 saturated carbocycles. The van der Waals surface area contributed by atoms with Gasteiger partial charge < -0.3 is 10.6 Å². The fourth-order valence-electron chi connectivity index (χ4n) is 2.12. The zero-order valence-corrected chi connectivity index (χ0v) is 16.2. The Hall–Kier alpha value is -1.97. The van der Waals surface area contributed by atoms with Crippen molar-refractivity contribution in [3.63, 3.8) is 0 Å². The summed E-state index contributed by atoms with van der Waals surface area (Å²) in [5, 5.41) is 7.55. The van der Waals surface area contributed by atoms with Crippen LogP contribution in [-0.2, 0) is 23.0 Å². The third kappa shape index (κ3) is 5.80. The Kier molecular flexibility index (Phi) is 6.91. The lowest BCUT2D eigenvalue weighted by molar-refractivity contribution is 0.588. The molecule has 9 heteroatoms. The second-order valence-electron chi connectivity index (χ2n) is 5.32. The molecule has 0 radical (unpaired) electrons. The maximum Gasteiger partial charge on any atom is 0.240 e. The fourth-order valence-corrected chi connectivity index (χ4v) is 3.63. The first kappa shape index (κ1) is 19.4. The molecule has 0 amide bonds. The Morgan fingerprint density at radius 2 is 1.96 bits per heavy atom. The summed E-state index contributed by atoms with van der Waals surface area (Å²) in [4.78, 5) is 9.97. The van der Waals surface area contributed by atoms with Gasteiger partial charge in [-0.25, -0.2) is 18.1 Å². The summed E-state index contributed by atoms with van der Waals surface area (Å²) in [7, 11) is -0.289. The van der Waals surface area contributed by atoms with Gasteiger partial charge in [0.25, 0.3) is 0 Å². The first-order valence-corrected chi connectivity index (χ1v) is 10.1. The van der Waals surface area contributed by atoms with E-state index in [9.17, 15) is 8.42 Å². The number of rotatable bonds is 7. The zero-order chi connectivity index (χ0) is 18.3. The molecule has 0 atom stereocenters. The number of aliphatic imine (C=N–C) groups is 1. The Bertz CT molecular complexity index is 813. The molecule has 0 unspecified atom stereocenters. The summed E-state index contributed by atoms with van der Waals surface area (Å²) in [5.74, 6) is 0.695. The summed E-state index contributed by atoms with van der Waals surface area (Å²) in [6.45, 7) is 3.34. The van der Waals surface area contributed by atoms with E-state index in [1.807, 2.05) is 13.1 Å². The second kappa shape index (κ2) is 8.93. The molecule has 7 nitrogen and oxygen atoms in total. The molecule has 3 N–H and O–H groups in total. The maximum atomic E-state index is 11.7. The van der Waals surface area contributed by atoms with Gasteiger partial charge in [-0.2, -0.15) is 0 Å². The van der Waals surface area contributed by atoms with E-state index in [0.29, 0.717) is 12.5 Å². The Morgan fingerprint density at radius 1 is 1.24 bits per heavy atom. The first-order valence-electron chi connectivity index (χ1n) is 7.83. The van der Waals surface area contributed by atoms with E-state index in [1.165, 1.54) is 11.9 Å². The smallest absolute Gasteiger partial charge is 0.240 e. The summed E-state index contributed by atoms with van der Waals surface area (Å²) in [6.07, 6.45) is 2.72. The molecular weight excluding hydrogens is 358 g/mol. The van der Waals surface area contributed by atoms with Crippen LogP contribution in [0.3, 0.4) is 0 Å². The topological polar surface area (TPSA) is 95.5 Å². The third-order valence-corrected chi connectivity index (χ3v) is 5.89. The zero-order valence-electron chi connectivity index (χ0n) is 14.5. The highest BCUT2D eigenvalue weighted by Gasteiger charge is 2.10. The van der Waals surface area contributed by atoms with Gasteiger partial charge in [0.05, 0.1) is 9.90 Å². The highest BCUT2D eigenvalue weighted by molar-refractivity contribution is 7.89. The van der Waals surface area contributed by atoms with Gasteiger partial charge in [0.2, 0.25) is 10.0 Å². The van der Waals surface area contributed by atoms with Crippen LogP contribution >= 0.6 is 11.3 Å². The maximum absolute atomic E-state index is 11.7. The molecule has 0 fully saturated rings. The van der Waals surface area contributed by atoms with Gasteiger partial charge in [-0.3, -0.25) is 4.99 Å². The summed E-state index contributed by atoms with van der Waals surface area (Å²) < 4.78 is 25.7. The largest absolute Gasteiger partial charge is 0.356 e. The van der Waals surface area contributed by atoms with Gasteiger partial charge >= 0.3 is 0 Å². The molecule has 0 aliphatic carbocycles. The number of aromatic nitrogens is 1. The Morgan fingerprint density at radius 3 is 2.52 bits per heavy atom. The number of hydrogen-bond acceptors (Lipinski definition) is 5. The fraction of sp³-hybridized carbons (Fsp3) is 0.375. The highest BCUT2D eigenvalue weighted by Crippen LogP contribution is 2.11. The van der Waals surface area contributed by atoms with E-state index < -0.39 is 10.0 Å². The molecule has 2 rings (SSSR count). The molecule has 2 aromatic rings. The van der Waals surface area contributed by atoms with E-state index >= 15 is 0 Å². The van der Waals surface area contributed by atoms with E-state index in [2.05, 4.69) is 25.3 Å². The van der Waals surface area contributed by atoms with Crippen molar-refractivity contribution in [3.8, 4) is 0 Å². The average molecular weight is 382 g/mol. The highest BCUT2D eigenvalue weighted by atomic mass is 32.2. The normalized spacial score (nSPS) is 12.2. The van der Waals surface area contributed by atoms with Crippen molar-refractivity contribution >= 4 is 27.3 Å². The van der Waals surface area contributed by atoms with Crippen LogP contribution < -0.4 is 15.4 Å². The van der Waals surface area contributed by atoms with Crippen molar-refractivity contribution in [3.05, 3.63) is 45.9 Å². The van der Waals surface area contributed by atoms with Gasteiger partial charge in [0.1, 0.15) is 0 Å². The van der Waals surface area contributed by atoms with E-state index in [-0.39, 0.29) is 4.90 Å². The molecule has 1 aromatic heterocycles. The number of benzene rings is 1. The molecule has 1 heterocycles. The van der Waals surface area contributed by atoms with Crippen molar-refractivity contribution in [1.29, 1.82) is 0 Å². The van der Waals surface area contributed by atoms with E-state index in [0.717, 1.165) is 23.5 Å². The number of guanidine groups is 1. The van der Waals surface area contributed by atoms with Crippen molar-refractivity contribution < 1.29 is 8.42 Å². The second-order valence-corrected chi connectivity index (χ2v) is 8.52. The van der Waals surface area contributed by atoms with Crippen LogP contribution in [0.25, 0.3) is 0 Å². The molecule has 136 valence electrons. The van der Waals surface area contributed by atoms with Crippen molar-refractivity contribution in [1.82, 2.24) is 20.3 Å². The van der Waals surface area contributed by atoms with Crippen LogP contribution in [0.1, 0.15) is 15.4 Å². The Labute approximate surface area is 152 Å². The molecule has 25 heavy (non-hydrogen) atoms. The van der Waals surface area contributed by atoms with E-state index in [1.54, 1.807) is 42.6 Å². The molecule has 1 aromatic carbocycles. The van der Waals surface area contributed by atoms with Crippen molar-refractivity contribution in [2.24, 2.45) is 4.99 Å².